The summed E-state index contributed by atoms with van der Waals surface area (Å²) in [5.74, 6) is 1.20. The van der Waals surface area contributed by atoms with Crippen LogP contribution in [-0.2, 0) is 0 Å². The second-order valence-corrected chi connectivity index (χ2v) is 5.26. The lowest BCUT2D eigenvalue weighted by atomic mass is 9.83. The van der Waals surface area contributed by atoms with Gasteiger partial charge in [-0.3, -0.25) is 0 Å². The van der Waals surface area contributed by atoms with Gasteiger partial charge in [-0.1, -0.05) is 12.8 Å². The smallest absolute Gasteiger partial charge is 0.222 e. The third-order valence-corrected chi connectivity index (χ3v) is 3.68. The van der Waals surface area contributed by atoms with Crippen molar-refractivity contribution >= 4 is 5.95 Å². The van der Waals surface area contributed by atoms with Crippen LogP contribution in [0.4, 0.5) is 5.95 Å². The van der Waals surface area contributed by atoms with Gasteiger partial charge >= 0.3 is 0 Å². The number of nitrogens with zero attached hydrogens (tertiary/aromatic N) is 2. The van der Waals surface area contributed by atoms with Crippen molar-refractivity contribution in [3.05, 3.63) is 18.0 Å². The fraction of sp³-hybridized carbons (Fsp3) is 0.714. The first-order valence-electron chi connectivity index (χ1n) is 6.96. The molecule has 2 unspecified atom stereocenters. The van der Waals surface area contributed by atoms with E-state index < -0.39 is 0 Å². The van der Waals surface area contributed by atoms with Gasteiger partial charge in [-0.25, -0.2) is 9.97 Å². The Labute approximate surface area is 109 Å². The van der Waals surface area contributed by atoms with Gasteiger partial charge in [0.05, 0.1) is 6.10 Å². The molecule has 1 aliphatic carbocycles. The summed E-state index contributed by atoms with van der Waals surface area (Å²) in [5, 5.41) is 13.1. The zero-order chi connectivity index (χ0) is 12.8. The standard InChI is InChI=1S/C14H23N3O/c1-11-9-16-14(17-10-11)15-8-4-6-12-5-2-3-7-13(12)18/h9-10,12-13,18H,2-8H2,1H3,(H,15,16,17). The fourth-order valence-electron chi connectivity index (χ4n) is 2.57. The van der Waals surface area contributed by atoms with Gasteiger partial charge in [-0.15, -0.1) is 0 Å². The molecule has 4 nitrogen and oxygen atoms in total. The Morgan fingerprint density at radius 3 is 2.72 bits per heavy atom. The highest BCUT2D eigenvalue weighted by Crippen LogP contribution is 2.27. The van der Waals surface area contributed by atoms with Crippen LogP contribution in [0.1, 0.15) is 44.1 Å². The minimum Gasteiger partial charge on any atom is -0.393 e. The molecular formula is C14H23N3O. The Morgan fingerprint density at radius 1 is 1.28 bits per heavy atom. The van der Waals surface area contributed by atoms with Gasteiger partial charge < -0.3 is 10.4 Å². The van der Waals surface area contributed by atoms with E-state index in [1.54, 1.807) is 0 Å². The van der Waals surface area contributed by atoms with E-state index in [1.165, 1.54) is 19.3 Å². The third kappa shape index (κ3) is 3.95. The molecule has 1 saturated carbocycles. The molecule has 0 radical (unpaired) electrons. The minimum atomic E-state index is -0.0747. The number of aliphatic hydroxyl groups excluding tert-OH is 1. The van der Waals surface area contributed by atoms with Gasteiger partial charge in [0.1, 0.15) is 0 Å². The zero-order valence-electron chi connectivity index (χ0n) is 11.1. The third-order valence-electron chi connectivity index (χ3n) is 3.68. The molecule has 0 bridgehead atoms. The molecule has 1 aromatic rings. The van der Waals surface area contributed by atoms with Crippen molar-refractivity contribution in [1.29, 1.82) is 0 Å². The maximum absolute atomic E-state index is 9.87. The lowest BCUT2D eigenvalue weighted by molar-refractivity contribution is 0.0648. The van der Waals surface area contributed by atoms with Crippen LogP contribution in [0, 0.1) is 12.8 Å². The summed E-state index contributed by atoms with van der Waals surface area (Å²) in [6.45, 7) is 2.86. The molecule has 1 fully saturated rings. The van der Waals surface area contributed by atoms with Crippen LogP contribution in [0.3, 0.4) is 0 Å². The van der Waals surface area contributed by atoms with E-state index in [9.17, 15) is 5.11 Å². The minimum absolute atomic E-state index is 0.0747. The van der Waals surface area contributed by atoms with Crippen LogP contribution in [-0.4, -0.2) is 27.7 Å². The average molecular weight is 249 g/mol. The van der Waals surface area contributed by atoms with Gasteiger partial charge in [0.15, 0.2) is 0 Å². The molecule has 2 N–H and O–H groups in total. The van der Waals surface area contributed by atoms with Crippen molar-refractivity contribution in [3.63, 3.8) is 0 Å². The Balaban J connectivity index is 1.65. The van der Waals surface area contributed by atoms with Crippen LogP contribution in [0.5, 0.6) is 0 Å². The van der Waals surface area contributed by atoms with Gasteiger partial charge in [0.25, 0.3) is 0 Å². The van der Waals surface area contributed by atoms with Crippen molar-refractivity contribution in [1.82, 2.24) is 9.97 Å². The predicted molar refractivity (Wildman–Crippen MR) is 72.5 cm³/mol. The number of aliphatic hydroxyl groups is 1. The van der Waals surface area contributed by atoms with E-state index >= 15 is 0 Å². The first-order chi connectivity index (χ1) is 8.75. The van der Waals surface area contributed by atoms with E-state index in [1.807, 2.05) is 19.3 Å². The molecule has 18 heavy (non-hydrogen) atoms. The van der Waals surface area contributed by atoms with Gasteiger partial charge in [0.2, 0.25) is 5.95 Å². The quantitative estimate of drug-likeness (QED) is 0.787. The van der Waals surface area contributed by atoms with E-state index in [2.05, 4.69) is 15.3 Å². The van der Waals surface area contributed by atoms with Gasteiger partial charge in [-0.05, 0) is 44.1 Å². The Kier molecular flexibility index (Phi) is 4.93. The molecule has 100 valence electrons. The zero-order valence-corrected chi connectivity index (χ0v) is 11.1. The number of anilines is 1. The van der Waals surface area contributed by atoms with Gasteiger partial charge in [-0.2, -0.15) is 0 Å². The lowest BCUT2D eigenvalue weighted by Crippen LogP contribution is -2.24. The largest absolute Gasteiger partial charge is 0.393 e. The molecule has 0 saturated heterocycles. The topological polar surface area (TPSA) is 58.0 Å². The monoisotopic (exact) mass is 249 g/mol. The number of aryl methyl sites for hydroxylation is 1. The maximum atomic E-state index is 9.87. The molecule has 4 heteroatoms. The molecule has 0 amide bonds. The van der Waals surface area contributed by atoms with E-state index in [-0.39, 0.29) is 6.10 Å². The molecule has 2 rings (SSSR count). The van der Waals surface area contributed by atoms with E-state index in [0.29, 0.717) is 11.9 Å². The van der Waals surface area contributed by atoms with Crippen molar-refractivity contribution in [3.8, 4) is 0 Å². The van der Waals surface area contributed by atoms with Crippen LogP contribution >= 0.6 is 0 Å². The van der Waals surface area contributed by atoms with Crippen LogP contribution in [0.15, 0.2) is 12.4 Å². The number of hydrogen-bond donors (Lipinski definition) is 2. The number of hydrogen-bond acceptors (Lipinski definition) is 4. The summed E-state index contributed by atoms with van der Waals surface area (Å²) < 4.78 is 0. The fourth-order valence-corrected chi connectivity index (χ4v) is 2.57. The van der Waals surface area contributed by atoms with Crippen LogP contribution in [0.25, 0.3) is 0 Å². The second kappa shape index (κ2) is 6.69. The molecule has 1 heterocycles. The molecular weight excluding hydrogens is 226 g/mol. The summed E-state index contributed by atoms with van der Waals surface area (Å²) >= 11 is 0. The van der Waals surface area contributed by atoms with Gasteiger partial charge in [0, 0.05) is 18.9 Å². The second-order valence-electron chi connectivity index (χ2n) is 5.26. The predicted octanol–water partition coefficient (Wildman–Crippen LogP) is 2.53. The summed E-state index contributed by atoms with van der Waals surface area (Å²) in [6, 6.07) is 0. The van der Waals surface area contributed by atoms with Crippen molar-refractivity contribution in [2.24, 2.45) is 5.92 Å². The first kappa shape index (κ1) is 13.3. The molecule has 0 spiro atoms. The van der Waals surface area contributed by atoms with Crippen molar-refractivity contribution in [2.45, 2.75) is 51.6 Å². The maximum Gasteiger partial charge on any atom is 0.222 e. The number of rotatable bonds is 5. The Morgan fingerprint density at radius 2 is 2.00 bits per heavy atom. The highest BCUT2D eigenvalue weighted by molar-refractivity contribution is 5.23. The van der Waals surface area contributed by atoms with E-state index in [0.717, 1.165) is 31.4 Å². The molecule has 2 atom stereocenters. The highest BCUT2D eigenvalue weighted by Gasteiger charge is 2.22. The lowest BCUT2D eigenvalue weighted by Gasteiger charge is -2.27. The summed E-state index contributed by atoms with van der Waals surface area (Å²) in [5.41, 5.74) is 1.07. The number of nitrogens with one attached hydrogen (secondary N) is 1. The SMILES string of the molecule is Cc1cnc(NCCCC2CCCCC2O)nc1. The molecule has 0 aromatic carbocycles. The number of aromatic nitrogens is 2. The van der Waals surface area contributed by atoms with Crippen molar-refractivity contribution in [2.75, 3.05) is 11.9 Å². The molecule has 1 aromatic heterocycles. The molecule has 1 aliphatic rings. The highest BCUT2D eigenvalue weighted by atomic mass is 16.3. The van der Waals surface area contributed by atoms with Crippen LogP contribution in [0.2, 0.25) is 0 Å². The van der Waals surface area contributed by atoms with E-state index in [4.69, 9.17) is 0 Å². The summed E-state index contributed by atoms with van der Waals surface area (Å²) in [4.78, 5) is 8.41. The normalized spacial score (nSPS) is 23.9. The molecule has 0 aliphatic heterocycles. The summed E-state index contributed by atoms with van der Waals surface area (Å²) in [7, 11) is 0. The first-order valence-corrected chi connectivity index (χ1v) is 6.96. The van der Waals surface area contributed by atoms with Crippen LogP contribution < -0.4 is 5.32 Å². The van der Waals surface area contributed by atoms with Crippen molar-refractivity contribution < 1.29 is 5.11 Å². The summed E-state index contributed by atoms with van der Waals surface area (Å²) in [6.07, 6.45) is 10.4. The average Bonchev–Trinajstić information content (AvgIpc) is 2.39. The Hall–Kier alpha value is -1.16. The Bertz CT molecular complexity index is 353.